The van der Waals surface area contributed by atoms with Crippen molar-refractivity contribution in [3.63, 3.8) is 0 Å². The predicted octanol–water partition coefficient (Wildman–Crippen LogP) is 2.45. The Hall–Kier alpha value is -1.32. The van der Waals surface area contributed by atoms with E-state index >= 15 is 0 Å². The van der Waals surface area contributed by atoms with Gasteiger partial charge in [-0.1, -0.05) is 19.1 Å². The second-order valence-corrected chi connectivity index (χ2v) is 5.89. The summed E-state index contributed by atoms with van der Waals surface area (Å²) in [7, 11) is 0. The maximum Gasteiger partial charge on any atom is 0.141 e. The molecule has 2 aliphatic rings. The van der Waals surface area contributed by atoms with Gasteiger partial charge in [-0.2, -0.15) is 0 Å². The van der Waals surface area contributed by atoms with E-state index in [2.05, 4.69) is 42.2 Å². The van der Waals surface area contributed by atoms with Gasteiger partial charge < -0.3 is 10.5 Å². The molecule has 1 unspecified atom stereocenters. The van der Waals surface area contributed by atoms with Gasteiger partial charge in [0, 0.05) is 25.1 Å². The van der Waals surface area contributed by atoms with Gasteiger partial charge in [0.1, 0.15) is 11.4 Å². The molecule has 2 N–H and O–H groups in total. The maximum absolute atomic E-state index is 6.33. The number of fused-ring (bicyclic) bond motifs is 1. The summed E-state index contributed by atoms with van der Waals surface area (Å²) in [5, 5.41) is 0. The van der Waals surface area contributed by atoms with E-state index in [-0.39, 0.29) is 5.60 Å². The van der Waals surface area contributed by atoms with Crippen molar-refractivity contribution in [2.45, 2.75) is 31.8 Å². The zero-order chi connectivity index (χ0) is 14.0. The first-order chi connectivity index (χ1) is 9.74. The fourth-order valence-electron chi connectivity index (χ4n) is 3.14. The highest BCUT2D eigenvalue weighted by Crippen LogP contribution is 2.36. The summed E-state index contributed by atoms with van der Waals surface area (Å²) in [6.07, 6.45) is 7.71. The second-order valence-electron chi connectivity index (χ2n) is 5.89. The lowest BCUT2D eigenvalue weighted by molar-refractivity contribution is 0.123. The Morgan fingerprint density at radius 1 is 1.40 bits per heavy atom. The van der Waals surface area contributed by atoms with E-state index in [1.54, 1.807) is 0 Å². The number of nitrogens with two attached hydrogens (primary N) is 1. The molecule has 0 aliphatic carbocycles. The first-order valence-corrected chi connectivity index (χ1v) is 7.68. The zero-order valence-corrected chi connectivity index (χ0v) is 12.3. The van der Waals surface area contributed by atoms with Crippen molar-refractivity contribution in [2.24, 2.45) is 5.73 Å². The quantitative estimate of drug-likeness (QED) is 0.915. The van der Waals surface area contributed by atoms with E-state index in [0.717, 1.165) is 51.2 Å². The summed E-state index contributed by atoms with van der Waals surface area (Å²) >= 11 is 0. The molecule has 1 spiro atoms. The molecule has 20 heavy (non-hydrogen) atoms. The van der Waals surface area contributed by atoms with Crippen LogP contribution in [0, 0.1) is 0 Å². The summed E-state index contributed by atoms with van der Waals surface area (Å²) < 4.78 is 6.33. The predicted molar refractivity (Wildman–Crippen MR) is 82.9 cm³/mol. The maximum atomic E-state index is 6.33. The Morgan fingerprint density at radius 2 is 2.30 bits per heavy atom. The molecule has 3 nitrogen and oxygen atoms in total. The van der Waals surface area contributed by atoms with Crippen molar-refractivity contribution in [2.75, 3.05) is 26.2 Å². The number of likely N-dealkylation sites (tertiary alicyclic amines) is 1. The van der Waals surface area contributed by atoms with Gasteiger partial charge in [0.25, 0.3) is 0 Å². The second kappa shape index (κ2) is 5.58. The third kappa shape index (κ3) is 2.60. The van der Waals surface area contributed by atoms with Crippen molar-refractivity contribution in [3.8, 4) is 5.75 Å². The molecule has 1 saturated heterocycles. The zero-order valence-electron chi connectivity index (χ0n) is 12.3. The van der Waals surface area contributed by atoms with E-state index in [1.165, 1.54) is 11.1 Å². The molecule has 3 heteroatoms. The summed E-state index contributed by atoms with van der Waals surface area (Å²) in [6.45, 7) is 6.12. The molecule has 3 rings (SSSR count). The minimum absolute atomic E-state index is 0.116. The molecule has 0 saturated carbocycles. The molecular formula is C17H24N2O. The first kappa shape index (κ1) is 13.7. The lowest BCUT2D eigenvalue weighted by Gasteiger charge is -2.31. The molecule has 1 fully saturated rings. The molecule has 0 amide bonds. The van der Waals surface area contributed by atoms with Crippen LogP contribution in [-0.4, -0.2) is 36.7 Å². The number of aryl methyl sites for hydroxylation is 1. The van der Waals surface area contributed by atoms with E-state index in [9.17, 15) is 0 Å². The van der Waals surface area contributed by atoms with Crippen molar-refractivity contribution in [3.05, 3.63) is 35.4 Å². The monoisotopic (exact) mass is 272 g/mol. The minimum atomic E-state index is -0.116. The van der Waals surface area contributed by atoms with Crippen molar-refractivity contribution in [1.29, 1.82) is 0 Å². The molecule has 0 aromatic heterocycles. The molecule has 0 bridgehead atoms. The lowest BCUT2D eigenvalue weighted by Crippen LogP contribution is -2.39. The number of hydrogen-bond donors (Lipinski definition) is 1. The number of rotatable bonds is 4. The van der Waals surface area contributed by atoms with E-state index in [0.29, 0.717) is 0 Å². The van der Waals surface area contributed by atoms with Crippen LogP contribution in [-0.2, 0) is 6.42 Å². The topological polar surface area (TPSA) is 38.5 Å². The number of nitrogens with zero attached hydrogens (tertiary/aromatic N) is 1. The summed E-state index contributed by atoms with van der Waals surface area (Å²) in [5.74, 6) is 1.03. The van der Waals surface area contributed by atoms with Gasteiger partial charge in [0.15, 0.2) is 0 Å². The van der Waals surface area contributed by atoms with Gasteiger partial charge in [0.05, 0.1) is 0 Å². The SMILES string of the molecule is CCc1ccc2c(c1)C=CC1(CCN(CCCN)C1)O2. The van der Waals surface area contributed by atoms with E-state index < -0.39 is 0 Å². The fraction of sp³-hybridized carbons (Fsp3) is 0.529. The molecule has 2 aliphatic heterocycles. The highest BCUT2D eigenvalue weighted by atomic mass is 16.5. The van der Waals surface area contributed by atoms with Crippen LogP contribution in [0.15, 0.2) is 24.3 Å². The Kier molecular flexibility index (Phi) is 3.81. The van der Waals surface area contributed by atoms with Gasteiger partial charge in [-0.3, -0.25) is 4.90 Å². The smallest absolute Gasteiger partial charge is 0.141 e. The number of hydrogen-bond acceptors (Lipinski definition) is 3. The third-order valence-corrected chi connectivity index (χ3v) is 4.38. The Labute approximate surface area is 121 Å². The molecule has 1 aromatic rings. The molecule has 1 atom stereocenters. The Morgan fingerprint density at radius 3 is 3.10 bits per heavy atom. The van der Waals surface area contributed by atoms with Crippen LogP contribution in [0.4, 0.5) is 0 Å². The minimum Gasteiger partial charge on any atom is -0.481 e. The molecule has 1 aromatic carbocycles. The number of ether oxygens (including phenoxy) is 1. The van der Waals surface area contributed by atoms with Crippen LogP contribution < -0.4 is 10.5 Å². The van der Waals surface area contributed by atoms with Gasteiger partial charge in [-0.05, 0) is 49.7 Å². The van der Waals surface area contributed by atoms with Gasteiger partial charge >= 0.3 is 0 Å². The van der Waals surface area contributed by atoms with Gasteiger partial charge in [-0.15, -0.1) is 0 Å². The van der Waals surface area contributed by atoms with E-state index in [1.807, 2.05) is 0 Å². The van der Waals surface area contributed by atoms with Crippen molar-refractivity contribution in [1.82, 2.24) is 4.90 Å². The summed E-state index contributed by atoms with van der Waals surface area (Å²) in [5.41, 5.74) is 8.06. The van der Waals surface area contributed by atoms with E-state index in [4.69, 9.17) is 10.5 Å². The van der Waals surface area contributed by atoms with Crippen LogP contribution in [0.3, 0.4) is 0 Å². The summed E-state index contributed by atoms with van der Waals surface area (Å²) in [6, 6.07) is 6.54. The lowest BCUT2D eigenvalue weighted by atomic mass is 9.96. The Balaban J connectivity index is 1.73. The molecule has 0 radical (unpaired) electrons. The molecular weight excluding hydrogens is 248 g/mol. The average molecular weight is 272 g/mol. The van der Waals surface area contributed by atoms with Crippen molar-refractivity contribution >= 4 is 6.08 Å². The van der Waals surface area contributed by atoms with Crippen LogP contribution in [0.1, 0.15) is 30.9 Å². The highest BCUT2D eigenvalue weighted by Gasteiger charge is 2.39. The van der Waals surface area contributed by atoms with Crippen LogP contribution in [0.2, 0.25) is 0 Å². The largest absolute Gasteiger partial charge is 0.481 e. The third-order valence-electron chi connectivity index (χ3n) is 4.38. The standard InChI is InChI=1S/C17H24N2O/c1-2-14-4-5-16-15(12-14)6-7-17(20-16)8-11-19(13-17)10-3-9-18/h4-7,12H,2-3,8-11,13,18H2,1H3. The fourth-order valence-corrected chi connectivity index (χ4v) is 3.14. The van der Waals surface area contributed by atoms with Gasteiger partial charge in [0.2, 0.25) is 0 Å². The van der Waals surface area contributed by atoms with Gasteiger partial charge in [-0.25, -0.2) is 0 Å². The van der Waals surface area contributed by atoms with Crippen LogP contribution in [0.25, 0.3) is 6.08 Å². The van der Waals surface area contributed by atoms with Crippen LogP contribution in [0.5, 0.6) is 5.75 Å². The highest BCUT2D eigenvalue weighted by molar-refractivity contribution is 5.62. The average Bonchev–Trinajstić information content (AvgIpc) is 2.87. The summed E-state index contributed by atoms with van der Waals surface area (Å²) in [4.78, 5) is 2.46. The molecule has 108 valence electrons. The van der Waals surface area contributed by atoms with Crippen LogP contribution >= 0.6 is 0 Å². The Bertz CT molecular complexity index is 512. The first-order valence-electron chi connectivity index (χ1n) is 7.68. The number of benzene rings is 1. The molecule has 2 heterocycles. The normalized spacial score (nSPS) is 24.9. The van der Waals surface area contributed by atoms with Crippen molar-refractivity contribution < 1.29 is 4.74 Å².